The maximum Gasteiger partial charge on any atom is 0.146 e. The minimum Gasteiger partial charge on any atom is -0.292 e. The van der Waals surface area contributed by atoms with E-state index in [2.05, 4.69) is 223 Å². The molecule has 0 saturated heterocycles. The van der Waals surface area contributed by atoms with E-state index in [4.69, 9.17) is 38.6 Å². The van der Waals surface area contributed by atoms with Crippen LogP contribution in [0, 0.1) is 0 Å². The standard InChI is InChI=1S/C61H40N4P2S2/c68-66(46-16-5-1-6-17-46,47-18-7-2-8-19-47)50-29-25-43-35-45(39-62-57(43)38-50)42-27-31-53-58(36-42)65-59-37-44(28-33-56(59)64-61(65)54-32-26-41-15-13-14-24-52(41)60(53)54)55-34-30-51(40-63-55)67(69,48-20-9-3-10-21-48)49-22-11-4-12-23-49/h1-40H. The van der Waals surface area contributed by atoms with Crippen molar-refractivity contribution in [1.82, 2.24) is 19.4 Å². The Bertz CT molecular complexity index is 4150. The lowest BCUT2D eigenvalue weighted by molar-refractivity contribution is 1.31. The highest BCUT2D eigenvalue weighted by Gasteiger charge is 2.27. The smallest absolute Gasteiger partial charge is 0.146 e. The van der Waals surface area contributed by atoms with Gasteiger partial charge in [-0.25, -0.2) is 4.98 Å². The van der Waals surface area contributed by atoms with Crippen LogP contribution in [0.3, 0.4) is 0 Å². The summed E-state index contributed by atoms with van der Waals surface area (Å²) >= 11 is 13.3. The lowest BCUT2D eigenvalue weighted by Gasteiger charge is -2.24. The van der Waals surface area contributed by atoms with Gasteiger partial charge in [-0.05, 0) is 91.4 Å². The fourth-order valence-corrected chi connectivity index (χ4v) is 17.5. The average Bonchev–Trinajstić information content (AvgIpc) is 3.82. The number of benzene rings is 9. The van der Waals surface area contributed by atoms with Gasteiger partial charge in [-0.3, -0.25) is 14.4 Å². The molecule has 4 aromatic heterocycles. The summed E-state index contributed by atoms with van der Waals surface area (Å²) in [5.41, 5.74) is 8.84. The highest BCUT2D eigenvalue weighted by molar-refractivity contribution is 8.26. The van der Waals surface area contributed by atoms with Gasteiger partial charge in [0.2, 0.25) is 0 Å². The summed E-state index contributed by atoms with van der Waals surface area (Å²) < 4.78 is 2.34. The van der Waals surface area contributed by atoms with Gasteiger partial charge in [0.15, 0.2) is 0 Å². The highest BCUT2D eigenvalue weighted by Crippen LogP contribution is 2.45. The van der Waals surface area contributed by atoms with Crippen molar-refractivity contribution in [2.24, 2.45) is 0 Å². The summed E-state index contributed by atoms with van der Waals surface area (Å²) in [5.74, 6) is 0. The van der Waals surface area contributed by atoms with Crippen molar-refractivity contribution < 1.29 is 0 Å². The SMILES string of the molecule is S=P(c1ccccc1)(c1ccccc1)c1ccc(-c2ccc3nc4c5ccc6ccccc6c5c5ccc(-c6cnc7cc(P(=S)(c8ccccc8)c8ccccc8)ccc7c6)cc5n4c3c2)nc1. The molecule has 0 radical (unpaired) electrons. The fourth-order valence-electron chi connectivity index (χ4n) is 10.2. The molecule has 4 nitrogen and oxygen atoms in total. The Hall–Kier alpha value is -7.43. The van der Waals surface area contributed by atoms with Gasteiger partial charge in [-0.15, -0.1) is 0 Å². The first-order valence-corrected chi connectivity index (χ1v) is 28.6. The number of imidazole rings is 1. The van der Waals surface area contributed by atoms with E-state index in [0.29, 0.717) is 0 Å². The maximum absolute atomic E-state index is 6.70. The zero-order valence-electron chi connectivity index (χ0n) is 37.1. The van der Waals surface area contributed by atoms with E-state index in [1.807, 2.05) is 24.5 Å². The second-order valence-electron chi connectivity index (χ2n) is 17.5. The van der Waals surface area contributed by atoms with E-state index in [1.54, 1.807) is 0 Å². The topological polar surface area (TPSA) is 43.1 Å². The third-order valence-electron chi connectivity index (χ3n) is 13.6. The molecule has 13 aromatic rings. The van der Waals surface area contributed by atoms with Gasteiger partial charge in [-0.2, -0.15) is 0 Å². The van der Waals surface area contributed by atoms with Gasteiger partial charge in [0, 0.05) is 62.4 Å². The van der Waals surface area contributed by atoms with Crippen LogP contribution >= 0.6 is 12.1 Å². The van der Waals surface area contributed by atoms with Gasteiger partial charge >= 0.3 is 0 Å². The molecule has 0 unspecified atom stereocenters. The van der Waals surface area contributed by atoms with E-state index < -0.39 is 12.1 Å². The Balaban J connectivity index is 0.960. The lowest BCUT2D eigenvalue weighted by Crippen LogP contribution is -2.25. The molecule has 8 heteroatoms. The van der Waals surface area contributed by atoms with Crippen molar-refractivity contribution in [3.63, 3.8) is 0 Å². The number of aromatic nitrogens is 4. The second-order valence-corrected chi connectivity index (χ2v) is 26.3. The minimum atomic E-state index is -2.35. The summed E-state index contributed by atoms with van der Waals surface area (Å²) in [4.78, 5) is 15.6. The Morgan fingerprint density at radius 1 is 0.348 bits per heavy atom. The first kappa shape index (κ1) is 41.7. The van der Waals surface area contributed by atoms with Crippen LogP contribution < -0.4 is 31.8 Å². The average molecular weight is 955 g/mol. The molecule has 0 saturated carbocycles. The molecule has 0 amide bonds. The van der Waals surface area contributed by atoms with Crippen molar-refractivity contribution in [2.45, 2.75) is 0 Å². The lowest BCUT2D eigenvalue weighted by atomic mass is 9.96. The molecular weight excluding hydrogens is 915 g/mol. The molecular formula is C61H40N4P2S2. The zero-order chi connectivity index (χ0) is 46.1. The molecule has 0 aliphatic rings. The predicted molar refractivity (Wildman–Crippen MR) is 301 cm³/mol. The number of hydrogen-bond donors (Lipinski definition) is 0. The van der Waals surface area contributed by atoms with Crippen molar-refractivity contribution in [1.29, 1.82) is 0 Å². The van der Waals surface area contributed by atoms with Crippen LogP contribution in [-0.2, 0) is 23.6 Å². The van der Waals surface area contributed by atoms with Crippen LogP contribution in [-0.4, -0.2) is 19.4 Å². The molecule has 9 aromatic carbocycles. The molecule has 0 fully saturated rings. The molecule has 0 spiro atoms. The first-order valence-electron chi connectivity index (χ1n) is 22.9. The van der Waals surface area contributed by atoms with E-state index >= 15 is 0 Å². The third kappa shape index (κ3) is 6.82. The fraction of sp³-hybridized carbons (Fsp3) is 0. The summed E-state index contributed by atoms with van der Waals surface area (Å²) in [6.45, 7) is 0. The van der Waals surface area contributed by atoms with Gasteiger partial charge in [0.05, 0.1) is 27.8 Å². The van der Waals surface area contributed by atoms with Gasteiger partial charge < -0.3 is 0 Å². The summed E-state index contributed by atoms with van der Waals surface area (Å²) in [6.07, 6.45) is 4.00. The molecule has 0 aliphatic carbocycles. The Morgan fingerprint density at radius 3 is 1.57 bits per heavy atom. The van der Waals surface area contributed by atoms with Crippen molar-refractivity contribution in [3.8, 4) is 22.4 Å². The largest absolute Gasteiger partial charge is 0.292 e. The monoisotopic (exact) mass is 954 g/mol. The number of rotatable bonds is 8. The molecule has 4 heterocycles. The van der Waals surface area contributed by atoms with E-state index in [1.165, 1.54) is 26.8 Å². The number of pyridine rings is 3. The van der Waals surface area contributed by atoms with Crippen LogP contribution in [0.4, 0.5) is 0 Å². The van der Waals surface area contributed by atoms with E-state index in [-0.39, 0.29) is 0 Å². The third-order valence-corrected chi connectivity index (χ3v) is 23.5. The maximum atomic E-state index is 6.70. The van der Waals surface area contributed by atoms with Crippen LogP contribution in [0.15, 0.2) is 243 Å². The summed E-state index contributed by atoms with van der Waals surface area (Å²) in [5, 5.41) is 13.7. The molecule has 69 heavy (non-hydrogen) atoms. The Kier molecular flexibility index (Phi) is 10.1. The Labute approximate surface area is 409 Å². The van der Waals surface area contributed by atoms with E-state index in [0.717, 1.165) is 87.5 Å². The quantitative estimate of drug-likeness (QED) is 0.112. The van der Waals surface area contributed by atoms with Crippen LogP contribution in [0.25, 0.3) is 82.4 Å². The minimum absolute atomic E-state index is 0.878. The summed E-state index contributed by atoms with van der Waals surface area (Å²) in [7, 11) is 0. The van der Waals surface area contributed by atoms with Crippen LogP contribution in [0.5, 0.6) is 0 Å². The van der Waals surface area contributed by atoms with Crippen LogP contribution in [0.1, 0.15) is 0 Å². The molecule has 0 atom stereocenters. The summed E-state index contributed by atoms with van der Waals surface area (Å²) in [6, 6.07) is 77.0. The molecule has 326 valence electrons. The van der Waals surface area contributed by atoms with Crippen molar-refractivity contribution in [2.75, 3.05) is 0 Å². The van der Waals surface area contributed by atoms with Crippen LogP contribution in [0.2, 0.25) is 0 Å². The number of fused-ring (bicyclic) bond motifs is 11. The predicted octanol–water partition coefficient (Wildman–Crippen LogP) is 12.7. The zero-order valence-corrected chi connectivity index (χ0v) is 40.5. The van der Waals surface area contributed by atoms with Crippen molar-refractivity contribution in [3.05, 3.63) is 243 Å². The Morgan fingerprint density at radius 2 is 0.913 bits per heavy atom. The molecule has 13 rings (SSSR count). The second kappa shape index (κ2) is 16.7. The molecule has 0 aliphatic heterocycles. The van der Waals surface area contributed by atoms with Gasteiger partial charge in [-0.1, -0.05) is 206 Å². The van der Waals surface area contributed by atoms with Crippen molar-refractivity contribution >= 4 is 128 Å². The molecule has 0 N–H and O–H groups in total. The van der Waals surface area contributed by atoms with Gasteiger partial charge in [0.1, 0.15) is 5.65 Å². The number of hydrogen-bond acceptors (Lipinski definition) is 5. The normalized spacial score (nSPS) is 12.2. The molecule has 0 bridgehead atoms. The van der Waals surface area contributed by atoms with E-state index in [9.17, 15) is 0 Å². The first-order chi connectivity index (χ1) is 33.9. The number of nitrogens with zero attached hydrogens (tertiary/aromatic N) is 4. The highest BCUT2D eigenvalue weighted by atomic mass is 32.4. The van der Waals surface area contributed by atoms with Gasteiger partial charge in [0.25, 0.3) is 0 Å².